The molecule has 0 atom stereocenters. The molecule has 1 aliphatic heterocycles. The van der Waals surface area contributed by atoms with E-state index in [-0.39, 0.29) is 0 Å². The molecule has 0 bridgehead atoms. The third-order valence-corrected chi connectivity index (χ3v) is 0.561. The molecule has 0 aromatic heterocycles. The van der Waals surface area contributed by atoms with E-state index in [4.69, 9.17) is 5.84 Å². The molecule has 0 fully saturated rings. The first-order chi connectivity index (χ1) is 3.39. The Morgan fingerprint density at radius 1 is 1.71 bits per heavy atom. The molecule has 1 heterocycles. The molecular formula is C3H5N4. The van der Waals surface area contributed by atoms with Crippen molar-refractivity contribution in [2.45, 2.75) is 0 Å². The van der Waals surface area contributed by atoms with Crippen molar-refractivity contribution < 1.29 is 0 Å². The average molecular weight is 97.1 g/mol. The second-order valence-corrected chi connectivity index (χ2v) is 1.06. The van der Waals surface area contributed by atoms with Crippen LogP contribution in [0.1, 0.15) is 0 Å². The van der Waals surface area contributed by atoms with Crippen molar-refractivity contribution in [3.63, 3.8) is 0 Å². The Bertz CT molecular complexity index is 106. The highest BCUT2D eigenvalue weighted by Crippen LogP contribution is 1.78. The first-order valence-corrected chi connectivity index (χ1v) is 1.86. The number of rotatable bonds is 0. The van der Waals surface area contributed by atoms with Crippen LogP contribution in [-0.2, 0) is 0 Å². The van der Waals surface area contributed by atoms with Crippen molar-refractivity contribution in [2.75, 3.05) is 0 Å². The monoisotopic (exact) mass is 97.1 g/mol. The minimum atomic E-state index is 0.875. The van der Waals surface area contributed by atoms with Crippen LogP contribution in [-0.4, -0.2) is 11.4 Å². The molecule has 0 saturated carbocycles. The largest absolute Gasteiger partial charge is 0.273 e. The molecule has 4 heteroatoms. The number of nitrogens with zero attached hydrogens (tertiary/aromatic N) is 2. The van der Waals surface area contributed by atoms with E-state index in [0.717, 1.165) is 5.23 Å². The van der Waals surface area contributed by atoms with E-state index in [1.807, 2.05) is 0 Å². The number of allylic oxidation sites excluding steroid dienone is 1. The Balaban J connectivity index is 2.49. The number of hydrazone groups is 1. The first-order valence-electron chi connectivity index (χ1n) is 1.86. The Hall–Kier alpha value is -1.03. The fourth-order valence-corrected chi connectivity index (χ4v) is 0.295. The Morgan fingerprint density at radius 3 is 2.86 bits per heavy atom. The van der Waals surface area contributed by atoms with Gasteiger partial charge in [-0.15, -0.1) is 16.2 Å². The molecule has 0 amide bonds. The lowest BCUT2D eigenvalue weighted by Gasteiger charge is -2.10. The van der Waals surface area contributed by atoms with Gasteiger partial charge in [-0.25, -0.2) is 0 Å². The second-order valence-electron chi connectivity index (χ2n) is 1.06. The zero-order chi connectivity index (χ0) is 5.11. The molecule has 1 aliphatic rings. The van der Waals surface area contributed by atoms with Crippen LogP contribution in [0.2, 0.25) is 0 Å². The first kappa shape index (κ1) is 4.14. The zero-order valence-corrected chi connectivity index (χ0v) is 3.63. The molecule has 4 nitrogen and oxygen atoms in total. The number of nitrogens with one attached hydrogen (secondary N) is 2. The van der Waals surface area contributed by atoms with E-state index in [1.165, 1.54) is 6.21 Å². The molecule has 0 aromatic rings. The molecule has 1 rings (SSSR count). The van der Waals surface area contributed by atoms with Crippen LogP contribution in [0.4, 0.5) is 0 Å². The van der Waals surface area contributed by atoms with Crippen LogP contribution >= 0.6 is 0 Å². The van der Waals surface area contributed by atoms with Crippen molar-refractivity contribution in [1.82, 2.24) is 16.5 Å². The smallest absolute Gasteiger partial charge is 0.0522 e. The predicted molar refractivity (Wildman–Crippen MR) is 25.7 cm³/mol. The maximum absolute atomic E-state index is 6.74. The Kier molecular flexibility index (Phi) is 0.953. The minimum Gasteiger partial charge on any atom is -0.273 e. The van der Waals surface area contributed by atoms with Crippen molar-refractivity contribution in [2.24, 2.45) is 5.10 Å². The fraction of sp³-hybridized carbons (Fsp3) is 0. The van der Waals surface area contributed by atoms with Gasteiger partial charge in [0.15, 0.2) is 0 Å². The topological polar surface area (TPSA) is 51.4 Å². The van der Waals surface area contributed by atoms with Gasteiger partial charge in [-0.05, 0) is 6.08 Å². The summed E-state index contributed by atoms with van der Waals surface area (Å²) in [4.78, 5) is 0. The van der Waals surface area contributed by atoms with Gasteiger partial charge in [0, 0.05) is 6.20 Å². The summed E-state index contributed by atoms with van der Waals surface area (Å²) >= 11 is 0. The van der Waals surface area contributed by atoms with Crippen LogP contribution < -0.4 is 11.3 Å². The Morgan fingerprint density at radius 2 is 2.57 bits per heavy atom. The van der Waals surface area contributed by atoms with Gasteiger partial charge in [0.05, 0.1) is 6.21 Å². The summed E-state index contributed by atoms with van der Waals surface area (Å²) in [6.07, 6.45) is 4.87. The number of hydrogen-bond donors (Lipinski definition) is 1. The molecule has 0 saturated heterocycles. The lowest BCUT2D eigenvalue weighted by Crippen LogP contribution is -2.28. The highest BCUT2D eigenvalue weighted by atomic mass is 15.8. The van der Waals surface area contributed by atoms with Crippen LogP contribution in [0, 0.1) is 0 Å². The zero-order valence-electron chi connectivity index (χ0n) is 3.63. The van der Waals surface area contributed by atoms with E-state index in [1.54, 1.807) is 12.3 Å². The fourth-order valence-electron chi connectivity index (χ4n) is 0.295. The van der Waals surface area contributed by atoms with E-state index < -0.39 is 0 Å². The summed E-state index contributed by atoms with van der Waals surface area (Å²) in [6, 6.07) is 0. The molecule has 0 spiro atoms. The standard InChI is InChI=1S/C3H5N4/c4-7-5-2-1-3-6-7/h1-5H. The Labute approximate surface area is 41.2 Å². The van der Waals surface area contributed by atoms with Gasteiger partial charge in [-0.2, -0.15) is 0 Å². The van der Waals surface area contributed by atoms with Crippen LogP contribution in [0.3, 0.4) is 0 Å². The van der Waals surface area contributed by atoms with Crippen molar-refractivity contribution in [3.05, 3.63) is 12.3 Å². The molecule has 0 aromatic carbocycles. The van der Waals surface area contributed by atoms with E-state index in [0.29, 0.717) is 0 Å². The van der Waals surface area contributed by atoms with Crippen LogP contribution in [0.5, 0.6) is 0 Å². The second kappa shape index (κ2) is 1.61. The maximum Gasteiger partial charge on any atom is 0.0522 e. The molecule has 7 heavy (non-hydrogen) atoms. The quantitative estimate of drug-likeness (QED) is 0.443. The van der Waals surface area contributed by atoms with Gasteiger partial charge in [-0.1, -0.05) is 0 Å². The van der Waals surface area contributed by atoms with Gasteiger partial charge >= 0.3 is 0 Å². The van der Waals surface area contributed by atoms with Gasteiger partial charge in [0.1, 0.15) is 0 Å². The lowest BCUT2D eigenvalue weighted by molar-refractivity contribution is 0.221. The normalized spacial score (nSPS) is 17.0. The summed E-state index contributed by atoms with van der Waals surface area (Å²) < 4.78 is 0. The molecule has 1 radical (unpaired) electrons. The molecule has 37 valence electrons. The summed E-state index contributed by atoms with van der Waals surface area (Å²) in [5, 5.41) is 4.38. The summed E-state index contributed by atoms with van der Waals surface area (Å²) in [6.45, 7) is 0. The molecule has 2 N–H and O–H groups in total. The predicted octanol–water partition coefficient (Wildman–Crippen LogP) is -0.496. The van der Waals surface area contributed by atoms with Crippen LogP contribution in [0.25, 0.3) is 0 Å². The highest BCUT2D eigenvalue weighted by molar-refractivity contribution is 5.70. The van der Waals surface area contributed by atoms with Crippen molar-refractivity contribution in [1.29, 1.82) is 0 Å². The van der Waals surface area contributed by atoms with Crippen molar-refractivity contribution in [3.8, 4) is 0 Å². The van der Waals surface area contributed by atoms with Gasteiger partial charge < -0.3 is 0 Å². The molecule has 0 aliphatic carbocycles. The summed E-state index contributed by atoms with van der Waals surface area (Å²) in [5.41, 5.74) is 2.50. The maximum atomic E-state index is 6.74. The lowest BCUT2D eigenvalue weighted by atomic mass is 10.7. The van der Waals surface area contributed by atoms with Gasteiger partial charge in [0.2, 0.25) is 0 Å². The molecule has 0 unspecified atom stereocenters. The van der Waals surface area contributed by atoms with Crippen molar-refractivity contribution >= 4 is 6.21 Å². The van der Waals surface area contributed by atoms with E-state index in [2.05, 4.69) is 10.5 Å². The SMILES string of the molecule is [NH]N1N=CC=CN1. The number of hydrazine groups is 1. The van der Waals surface area contributed by atoms with Gasteiger partial charge in [-0.3, -0.25) is 5.43 Å². The van der Waals surface area contributed by atoms with E-state index >= 15 is 0 Å². The third kappa shape index (κ3) is 0.902. The highest BCUT2D eigenvalue weighted by Gasteiger charge is 1.86. The molecular weight excluding hydrogens is 92.1 g/mol. The van der Waals surface area contributed by atoms with E-state index in [9.17, 15) is 0 Å². The number of hydrogen-bond acceptors (Lipinski definition) is 3. The summed E-state index contributed by atoms with van der Waals surface area (Å²) in [7, 11) is 0. The van der Waals surface area contributed by atoms with Gasteiger partial charge in [0.25, 0.3) is 0 Å². The third-order valence-electron chi connectivity index (χ3n) is 0.561. The summed E-state index contributed by atoms with van der Waals surface area (Å²) in [5.74, 6) is 6.74. The average Bonchev–Trinajstić information content (AvgIpc) is 1.69. The van der Waals surface area contributed by atoms with Crippen LogP contribution in [0.15, 0.2) is 17.4 Å². The minimum absolute atomic E-state index is 0.875.